The van der Waals surface area contributed by atoms with Crippen molar-refractivity contribution in [2.45, 2.75) is 39.7 Å². The molecule has 0 radical (unpaired) electrons. The minimum atomic E-state index is -0.502. The summed E-state index contributed by atoms with van der Waals surface area (Å²) in [6.07, 6.45) is 1.09. The van der Waals surface area contributed by atoms with Crippen LogP contribution < -0.4 is 0 Å². The summed E-state index contributed by atoms with van der Waals surface area (Å²) in [6.45, 7) is 5.65. The van der Waals surface area contributed by atoms with Gasteiger partial charge >= 0.3 is 5.97 Å². The van der Waals surface area contributed by atoms with E-state index in [4.69, 9.17) is 4.74 Å². The van der Waals surface area contributed by atoms with Crippen molar-refractivity contribution in [2.75, 3.05) is 6.61 Å². The van der Waals surface area contributed by atoms with Crippen LogP contribution in [0.15, 0.2) is 0 Å². The van der Waals surface area contributed by atoms with Gasteiger partial charge in [0.2, 0.25) is 0 Å². The Bertz CT molecular complexity index is 132. The van der Waals surface area contributed by atoms with Crippen molar-refractivity contribution in [1.29, 1.82) is 0 Å². The Hall–Kier alpha value is -0.570. The molecule has 72 valence electrons. The zero-order valence-electron chi connectivity index (χ0n) is 8.04. The van der Waals surface area contributed by atoms with Crippen LogP contribution in [-0.2, 0) is 9.53 Å². The monoisotopic (exact) mass is 174 g/mol. The Kier molecular flexibility index (Phi) is 5.72. The first kappa shape index (κ1) is 11.4. The molecule has 0 fully saturated rings. The van der Waals surface area contributed by atoms with Crippen LogP contribution >= 0.6 is 0 Å². The second-order valence-corrected chi connectivity index (χ2v) is 3.23. The fraction of sp³-hybridized carbons (Fsp3) is 0.889. The maximum Gasteiger partial charge on any atom is 0.308 e. The van der Waals surface area contributed by atoms with Crippen molar-refractivity contribution in [3.05, 3.63) is 0 Å². The lowest BCUT2D eigenvalue weighted by Gasteiger charge is -2.11. The summed E-state index contributed by atoms with van der Waals surface area (Å²) in [7, 11) is 0. The molecule has 0 aromatic heterocycles. The van der Waals surface area contributed by atoms with E-state index in [1.807, 2.05) is 6.92 Å². The second kappa shape index (κ2) is 6.00. The molecule has 0 amide bonds. The number of aliphatic hydroxyl groups is 1. The maximum atomic E-state index is 10.9. The molecule has 0 aliphatic heterocycles. The van der Waals surface area contributed by atoms with Crippen molar-refractivity contribution in [1.82, 2.24) is 0 Å². The standard InChI is InChI=1S/C9H18O3/c1-4-5-8(10)6-12-9(11)7(2)3/h7-8,10H,4-6H2,1-3H3. The number of hydrogen-bond donors (Lipinski definition) is 1. The molecule has 0 heterocycles. The Morgan fingerprint density at radius 3 is 2.50 bits per heavy atom. The number of esters is 1. The Labute approximate surface area is 73.7 Å². The largest absolute Gasteiger partial charge is 0.463 e. The minimum absolute atomic E-state index is 0.112. The highest BCUT2D eigenvalue weighted by Gasteiger charge is 2.10. The van der Waals surface area contributed by atoms with E-state index in [9.17, 15) is 9.90 Å². The number of carbonyl (C=O) groups is 1. The van der Waals surface area contributed by atoms with E-state index in [1.165, 1.54) is 0 Å². The average molecular weight is 174 g/mol. The first-order valence-electron chi connectivity index (χ1n) is 4.42. The molecule has 1 atom stereocenters. The van der Waals surface area contributed by atoms with Crippen LogP contribution in [0, 0.1) is 5.92 Å². The van der Waals surface area contributed by atoms with Gasteiger partial charge in [-0.15, -0.1) is 0 Å². The molecule has 3 heteroatoms. The van der Waals surface area contributed by atoms with Gasteiger partial charge in [0, 0.05) is 0 Å². The van der Waals surface area contributed by atoms with Crippen LogP contribution in [0.5, 0.6) is 0 Å². The summed E-state index contributed by atoms with van der Waals surface area (Å²) in [5, 5.41) is 9.20. The molecule has 0 aromatic rings. The van der Waals surface area contributed by atoms with Crippen LogP contribution in [-0.4, -0.2) is 23.8 Å². The molecule has 0 rings (SSSR count). The Morgan fingerprint density at radius 2 is 2.08 bits per heavy atom. The molecular weight excluding hydrogens is 156 g/mol. The van der Waals surface area contributed by atoms with Crippen molar-refractivity contribution in [2.24, 2.45) is 5.92 Å². The quantitative estimate of drug-likeness (QED) is 0.640. The third kappa shape index (κ3) is 5.13. The van der Waals surface area contributed by atoms with Crippen LogP contribution in [0.3, 0.4) is 0 Å². The molecule has 1 unspecified atom stereocenters. The summed E-state index contributed by atoms with van der Waals surface area (Å²) < 4.78 is 4.83. The van der Waals surface area contributed by atoms with Crippen LogP contribution in [0.1, 0.15) is 33.6 Å². The number of rotatable bonds is 5. The molecule has 0 aliphatic rings. The average Bonchev–Trinajstić information content (AvgIpc) is 2.00. The van der Waals surface area contributed by atoms with E-state index in [0.29, 0.717) is 6.42 Å². The molecule has 0 aromatic carbocycles. The van der Waals surface area contributed by atoms with Gasteiger partial charge in [0.25, 0.3) is 0 Å². The lowest BCUT2D eigenvalue weighted by Crippen LogP contribution is -2.20. The first-order chi connectivity index (χ1) is 5.57. The SMILES string of the molecule is CCCC(O)COC(=O)C(C)C. The van der Waals surface area contributed by atoms with Crippen molar-refractivity contribution < 1.29 is 14.6 Å². The van der Waals surface area contributed by atoms with E-state index >= 15 is 0 Å². The van der Waals surface area contributed by atoms with E-state index < -0.39 is 6.10 Å². The second-order valence-electron chi connectivity index (χ2n) is 3.23. The Morgan fingerprint density at radius 1 is 1.50 bits per heavy atom. The van der Waals surface area contributed by atoms with Gasteiger partial charge in [-0.1, -0.05) is 27.2 Å². The molecule has 1 N–H and O–H groups in total. The lowest BCUT2D eigenvalue weighted by molar-refractivity contribution is -0.150. The van der Waals surface area contributed by atoms with Crippen molar-refractivity contribution in [3.8, 4) is 0 Å². The summed E-state index contributed by atoms with van der Waals surface area (Å²) in [6, 6.07) is 0. The molecule has 0 bridgehead atoms. The zero-order valence-corrected chi connectivity index (χ0v) is 8.04. The van der Waals surface area contributed by atoms with Gasteiger partial charge in [-0.05, 0) is 6.42 Å². The molecule has 0 aliphatic carbocycles. The lowest BCUT2D eigenvalue weighted by atomic mass is 10.2. The third-order valence-corrected chi connectivity index (χ3v) is 1.51. The molecule has 12 heavy (non-hydrogen) atoms. The van der Waals surface area contributed by atoms with Gasteiger partial charge < -0.3 is 9.84 Å². The van der Waals surface area contributed by atoms with Crippen LogP contribution in [0.2, 0.25) is 0 Å². The summed E-state index contributed by atoms with van der Waals surface area (Å²) in [5.41, 5.74) is 0. The fourth-order valence-electron chi connectivity index (χ4n) is 0.762. The normalized spacial score (nSPS) is 13.1. The van der Waals surface area contributed by atoms with Gasteiger partial charge in [-0.25, -0.2) is 0 Å². The predicted molar refractivity (Wildman–Crippen MR) is 46.7 cm³/mol. The molecule has 0 saturated heterocycles. The van der Waals surface area contributed by atoms with E-state index in [1.54, 1.807) is 13.8 Å². The van der Waals surface area contributed by atoms with Crippen LogP contribution in [0.4, 0.5) is 0 Å². The van der Waals surface area contributed by atoms with E-state index in [2.05, 4.69) is 0 Å². The van der Waals surface area contributed by atoms with Gasteiger partial charge in [0.1, 0.15) is 6.61 Å². The molecule has 3 nitrogen and oxygen atoms in total. The van der Waals surface area contributed by atoms with Gasteiger partial charge in [-0.2, -0.15) is 0 Å². The predicted octanol–water partition coefficient (Wildman–Crippen LogP) is 1.35. The van der Waals surface area contributed by atoms with Gasteiger partial charge in [-0.3, -0.25) is 4.79 Å². The zero-order chi connectivity index (χ0) is 9.56. The Balaban J connectivity index is 3.47. The minimum Gasteiger partial charge on any atom is -0.463 e. The van der Waals surface area contributed by atoms with Crippen molar-refractivity contribution in [3.63, 3.8) is 0 Å². The van der Waals surface area contributed by atoms with E-state index in [0.717, 1.165) is 6.42 Å². The fourth-order valence-corrected chi connectivity index (χ4v) is 0.762. The topological polar surface area (TPSA) is 46.5 Å². The highest BCUT2D eigenvalue weighted by atomic mass is 16.5. The van der Waals surface area contributed by atoms with Gasteiger partial charge in [0.15, 0.2) is 0 Å². The number of aliphatic hydroxyl groups excluding tert-OH is 1. The summed E-state index contributed by atoms with van der Waals surface area (Å²) >= 11 is 0. The van der Waals surface area contributed by atoms with E-state index in [-0.39, 0.29) is 18.5 Å². The smallest absolute Gasteiger partial charge is 0.308 e. The summed E-state index contributed by atoms with van der Waals surface area (Å²) in [4.78, 5) is 10.9. The third-order valence-electron chi connectivity index (χ3n) is 1.51. The highest BCUT2D eigenvalue weighted by molar-refractivity contribution is 5.71. The summed E-state index contributed by atoms with van der Waals surface area (Å²) in [5.74, 6) is -0.357. The number of ether oxygens (including phenoxy) is 1. The molecule has 0 saturated carbocycles. The maximum absolute atomic E-state index is 10.9. The highest BCUT2D eigenvalue weighted by Crippen LogP contribution is 2.00. The van der Waals surface area contributed by atoms with Crippen molar-refractivity contribution >= 4 is 5.97 Å². The number of carbonyl (C=O) groups excluding carboxylic acids is 1. The molecule has 0 spiro atoms. The first-order valence-corrected chi connectivity index (χ1v) is 4.42. The number of hydrogen-bond acceptors (Lipinski definition) is 3. The van der Waals surface area contributed by atoms with Gasteiger partial charge in [0.05, 0.1) is 12.0 Å². The molecular formula is C9H18O3. The van der Waals surface area contributed by atoms with Crippen LogP contribution in [0.25, 0.3) is 0 Å².